The highest BCUT2D eigenvalue weighted by Gasteiger charge is 2.02. The highest BCUT2D eigenvalue weighted by molar-refractivity contribution is 7.09. The van der Waals surface area contributed by atoms with Gasteiger partial charge in [0.05, 0.1) is 10.7 Å². The van der Waals surface area contributed by atoms with E-state index < -0.39 is 0 Å². The highest BCUT2D eigenvalue weighted by Crippen LogP contribution is 2.08. The maximum absolute atomic E-state index is 11.0. The molecule has 14 heavy (non-hydrogen) atoms. The first-order chi connectivity index (χ1) is 6.74. The molecule has 0 fully saturated rings. The minimum Gasteiger partial charge on any atom is -0.369 e. The molecule has 0 aliphatic rings. The highest BCUT2D eigenvalue weighted by atomic mass is 32.1. The van der Waals surface area contributed by atoms with E-state index in [1.165, 1.54) is 17.4 Å². The molecule has 0 atom stereocenters. The topological polar surface area (TPSA) is 84.7 Å². The number of thiazole rings is 1. The van der Waals surface area contributed by atoms with Crippen LogP contribution >= 0.6 is 11.3 Å². The van der Waals surface area contributed by atoms with E-state index in [-0.39, 0.29) is 11.5 Å². The summed E-state index contributed by atoms with van der Waals surface area (Å²) >= 11 is 1.53. The minimum atomic E-state index is -0.232. The quantitative estimate of drug-likeness (QED) is 0.748. The average molecular weight is 208 g/mol. The lowest BCUT2D eigenvalue weighted by atomic mass is 10.3. The third-order valence-corrected chi connectivity index (χ3v) is 2.41. The Hall–Kier alpha value is -1.69. The van der Waals surface area contributed by atoms with Crippen LogP contribution in [0, 0.1) is 0 Å². The number of aromatic amines is 1. The van der Waals surface area contributed by atoms with Crippen molar-refractivity contribution in [2.45, 2.75) is 6.42 Å². The van der Waals surface area contributed by atoms with Crippen LogP contribution in [0.3, 0.4) is 0 Å². The smallest absolute Gasteiger partial charge is 0.252 e. The molecule has 3 N–H and O–H groups in total. The number of anilines is 1. The van der Waals surface area contributed by atoms with Gasteiger partial charge in [-0.2, -0.15) is 0 Å². The van der Waals surface area contributed by atoms with Crippen LogP contribution in [-0.2, 0) is 6.42 Å². The number of nitrogens with two attached hydrogens (primary N) is 1. The van der Waals surface area contributed by atoms with E-state index >= 15 is 0 Å². The fraction of sp³-hybridized carbons (Fsp3) is 0.125. The lowest BCUT2D eigenvalue weighted by Gasteiger charge is -1.97. The second-order valence-corrected chi connectivity index (χ2v) is 3.70. The Balaban J connectivity index is 2.29. The minimum absolute atomic E-state index is 0.143. The van der Waals surface area contributed by atoms with Crippen LogP contribution < -0.4 is 11.3 Å². The number of rotatable bonds is 2. The molecule has 2 heterocycles. The Morgan fingerprint density at radius 2 is 2.43 bits per heavy atom. The summed E-state index contributed by atoms with van der Waals surface area (Å²) in [5.41, 5.74) is 5.81. The molecule has 0 saturated carbocycles. The zero-order valence-electron chi connectivity index (χ0n) is 7.23. The van der Waals surface area contributed by atoms with Crippen LogP contribution in [0.1, 0.15) is 10.7 Å². The molecule has 5 nitrogen and oxygen atoms in total. The molecule has 0 unspecified atom stereocenters. The van der Waals surface area contributed by atoms with E-state index in [0.717, 1.165) is 5.01 Å². The third kappa shape index (κ3) is 1.97. The van der Waals surface area contributed by atoms with Crippen molar-refractivity contribution in [2.24, 2.45) is 0 Å². The fourth-order valence-electron chi connectivity index (χ4n) is 1.11. The number of H-pyrrole nitrogens is 1. The van der Waals surface area contributed by atoms with Gasteiger partial charge in [0.15, 0.2) is 0 Å². The van der Waals surface area contributed by atoms with Crippen LogP contribution in [0.5, 0.6) is 0 Å². The van der Waals surface area contributed by atoms with E-state index in [4.69, 9.17) is 5.73 Å². The molecule has 0 radical (unpaired) electrons. The van der Waals surface area contributed by atoms with Crippen LogP contribution in [0.2, 0.25) is 0 Å². The molecule has 0 aromatic carbocycles. The first-order valence-electron chi connectivity index (χ1n) is 3.98. The van der Waals surface area contributed by atoms with Crippen LogP contribution in [-0.4, -0.2) is 15.0 Å². The van der Waals surface area contributed by atoms with Crippen LogP contribution in [0.25, 0.3) is 0 Å². The zero-order valence-corrected chi connectivity index (χ0v) is 8.04. The number of nitrogen functional groups attached to an aromatic ring is 1. The largest absolute Gasteiger partial charge is 0.369 e. The van der Waals surface area contributed by atoms with E-state index in [1.807, 2.05) is 5.38 Å². The fourth-order valence-corrected chi connectivity index (χ4v) is 1.75. The van der Waals surface area contributed by atoms with Crippen molar-refractivity contribution in [1.82, 2.24) is 15.0 Å². The van der Waals surface area contributed by atoms with E-state index in [9.17, 15) is 4.79 Å². The molecule has 2 aromatic rings. The Kier molecular flexibility index (Phi) is 2.28. The van der Waals surface area contributed by atoms with Crippen molar-refractivity contribution in [3.8, 4) is 0 Å². The van der Waals surface area contributed by atoms with Crippen molar-refractivity contribution in [3.05, 3.63) is 38.7 Å². The molecule has 0 bridgehead atoms. The van der Waals surface area contributed by atoms with Gasteiger partial charge >= 0.3 is 0 Å². The summed E-state index contributed by atoms with van der Waals surface area (Å²) in [4.78, 5) is 21.5. The van der Waals surface area contributed by atoms with Gasteiger partial charge in [-0.3, -0.25) is 9.78 Å². The summed E-state index contributed by atoms with van der Waals surface area (Å²) in [6.07, 6.45) is 2.27. The first-order valence-corrected chi connectivity index (χ1v) is 4.86. The van der Waals surface area contributed by atoms with Gasteiger partial charge in [0, 0.05) is 24.1 Å². The summed E-state index contributed by atoms with van der Waals surface area (Å²) in [5.74, 6) is 0.143. The summed E-state index contributed by atoms with van der Waals surface area (Å²) in [6, 6.07) is 1.43. The number of hydrogen-bond donors (Lipinski definition) is 2. The van der Waals surface area contributed by atoms with Gasteiger partial charge in [-0.05, 0) is 0 Å². The first kappa shape index (κ1) is 8.89. The summed E-state index contributed by atoms with van der Waals surface area (Å²) in [6.45, 7) is 0. The van der Waals surface area contributed by atoms with Crippen LogP contribution in [0.4, 0.5) is 5.95 Å². The van der Waals surface area contributed by atoms with Gasteiger partial charge in [-0.15, -0.1) is 11.3 Å². The van der Waals surface area contributed by atoms with Crippen LogP contribution in [0.15, 0.2) is 22.4 Å². The second kappa shape index (κ2) is 3.59. The maximum Gasteiger partial charge on any atom is 0.252 e. The standard InChI is InChI=1S/C8H8N4OS/c9-8-11-5(3-6(13)12-8)4-7-10-1-2-14-7/h1-3H,4H2,(H3,9,11,12,13). The van der Waals surface area contributed by atoms with Gasteiger partial charge in [0.1, 0.15) is 0 Å². The molecule has 0 aliphatic carbocycles. The molecule has 6 heteroatoms. The van der Waals surface area contributed by atoms with Crippen molar-refractivity contribution in [3.63, 3.8) is 0 Å². The third-order valence-electron chi connectivity index (χ3n) is 1.63. The molecular formula is C8H8N4OS. The molecule has 0 spiro atoms. The summed E-state index contributed by atoms with van der Waals surface area (Å²) < 4.78 is 0. The molecule has 0 amide bonds. The van der Waals surface area contributed by atoms with Gasteiger partial charge in [0.25, 0.3) is 5.56 Å². The van der Waals surface area contributed by atoms with Gasteiger partial charge in [0.2, 0.25) is 5.95 Å². The van der Waals surface area contributed by atoms with Crippen molar-refractivity contribution < 1.29 is 0 Å². The van der Waals surface area contributed by atoms with Gasteiger partial charge in [-0.25, -0.2) is 9.97 Å². The lowest BCUT2D eigenvalue weighted by molar-refractivity contribution is 1.01. The van der Waals surface area contributed by atoms with Crippen molar-refractivity contribution in [1.29, 1.82) is 0 Å². The monoisotopic (exact) mass is 208 g/mol. The zero-order chi connectivity index (χ0) is 9.97. The number of hydrogen-bond acceptors (Lipinski definition) is 5. The van der Waals surface area contributed by atoms with E-state index in [0.29, 0.717) is 12.1 Å². The molecule has 0 saturated heterocycles. The van der Waals surface area contributed by atoms with E-state index in [1.54, 1.807) is 6.20 Å². The summed E-state index contributed by atoms with van der Waals surface area (Å²) in [7, 11) is 0. The van der Waals surface area contributed by atoms with Crippen molar-refractivity contribution in [2.75, 3.05) is 5.73 Å². The predicted octanol–water partition coefficient (Wildman–Crippen LogP) is 0.399. The number of nitrogens with one attached hydrogen (secondary N) is 1. The number of aromatic nitrogens is 3. The lowest BCUT2D eigenvalue weighted by Crippen LogP contribution is -2.12. The predicted molar refractivity (Wildman–Crippen MR) is 54.2 cm³/mol. The van der Waals surface area contributed by atoms with Gasteiger partial charge < -0.3 is 5.73 Å². The molecule has 72 valence electrons. The summed E-state index contributed by atoms with van der Waals surface area (Å²) in [5, 5.41) is 2.80. The normalized spacial score (nSPS) is 10.3. The SMILES string of the molecule is Nc1nc(Cc2nccs2)cc(=O)[nH]1. The Labute approximate surface area is 83.7 Å². The van der Waals surface area contributed by atoms with E-state index in [2.05, 4.69) is 15.0 Å². The Morgan fingerprint density at radius 3 is 3.07 bits per heavy atom. The molecule has 2 aromatic heterocycles. The second-order valence-electron chi connectivity index (χ2n) is 2.72. The maximum atomic E-state index is 11.0. The Bertz CT molecular complexity index is 476. The average Bonchev–Trinajstić information content (AvgIpc) is 2.54. The van der Waals surface area contributed by atoms with Gasteiger partial charge in [-0.1, -0.05) is 0 Å². The van der Waals surface area contributed by atoms with Crippen molar-refractivity contribution >= 4 is 17.3 Å². The molecule has 0 aliphatic heterocycles. The molecule has 2 rings (SSSR count). The number of nitrogens with zero attached hydrogens (tertiary/aromatic N) is 2. The molecular weight excluding hydrogens is 200 g/mol. The Morgan fingerprint density at radius 1 is 1.57 bits per heavy atom.